The first-order chi connectivity index (χ1) is 6.20. The summed E-state index contributed by atoms with van der Waals surface area (Å²) in [5.41, 5.74) is 0.144. The molecule has 0 aliphatic rings. The molecule has 0 spiro atoms. The minimum atomic E-state index is -0.958. The summed E-state index contributed by atoms with van der Waals surface area (Å²) in [7, 11) is 0. The highest BCUT2D eigenvalue weighted by Crippen LogP contribution is 1.87. The normalized spacial score (nSPS) is 9.54. The second kappa shape index (κ2) is 4.19. The molecule has 3 N–H and O–H groups in total. The lowest BCUT2D eigenvalue weighted by Gasteiger charge is -1.98. The summed E-state index contributed by atoms with van der Waals surface area (Å²) in [6.45, 7) is 0.0844. The van der Waals surface area contributed by atoms with E-state index in [1.165, 1.54) is 6.20 Å². The Kier molecular flexibility index (Phi) is 2.96. The van der Waals surface area contributed by atoms with Crippen molar-refractivity contribution < 1.29 is 14.7 Å². The largest absolute Gasteiger partial charge is 0.481 e. The average molecular weight is 184 g/mol. The van der Waals surface area contributed by atoms with Gasteiger partial charge in [-0.2, -0.15) is 15.4 Å². The number of hydrogen-bond acceptors (Lipinski definition) is 4. The van der Waals surface area contributed by atoms with Gasteiger partial charge < -0.3 is 10.4 Å². The monoisotopic (exact) mass is 184 g/mol. The molecule has 0 saturated carbocycles. The molecule has 1 amide bonds. The van der Waals surface area contributed by atoms with Crippen LogP contribution in [0.25, 0.3) is 0 Å². The molecule has 1 aromatic heterocycles. The topological polar surface area (TPSA) is 108 Å². The van der Waals surface area contributed by atoms with Crippen LogP contribution >= 0.6 is 0 Å². The van der Waals surface area contributed by atoms with Crippen molar-refractivity contribution in [3.05, 3.63) is 11.9 Å². The van der Waals surface area contributed by atoms with Crippen molar-refractivity contribution in [1.29, 1.82) is 0 Å². The number of aliphatic carboxylic acids is 1. The molecule has 0 aliphatic heterocycles. The summed E-state index contributed by atoms with van der Waals surface area (Å²) in [5, 5.41) is 19.9. The molecule has 0 atom stereocenters. The number of H-pyrrole nitrogens is 1. The third-order valence-corrected chi connectivity index (χ3v) is 1.27. The number of nitrogens with one attached hydrogen (secondary N) is 2. The number of carbonyl (C=O) groups is 2. The van der Waals surface area contributed by atoms with Gasteiger partial charge in [-0.25, -0.2) is 0 Å². The number of carbonyl (C=O) groups excluding carboxylic acids is 1. The molecule has 1 heterocycles. The molecule has 0 radical (unpaired) electrons. The number of nitrogens with zero attached hydrogens (tertiary/aromatic N) is 2. The fraction of sp³-hybridized carbons (Fsp3) is 0.333. The number of aromatic amines is 1. The first-order valence-corrected chi connectivity index (χ1v) is 3.56. The van der Waals surface area contributed by atoms with Crippen LogP contribution in [0.4, 0.5) is 0 Å². The Morgan fingerprint density at radius 2 is 2.38 bits per heavy atom. The molecule has 1 aromatic rings. The van der Waals surface area contributed by atoms with Crippen molar-refractivity contribution in [3.8, 4) is 0 Å². The van der Waals surface area contributed by atoms with E-state index in [4.69, 9.17) is 5.11 Å². The third-order valence-electron chi connectivity index (χ3n) is 1.27. The summed E-state index contributed by atoms with van der Waals surface area (Å²) in [5.74, 6) is -1.39. The van der Waals surface area contributed by atoms with Gasteiger partial charge in [-0.05, 0) is 0 Å². The summed E-state index contributed by atoms with van der Waals surface area (Å²) in [4.78, 5) is 21.1. The number of aromatic nitrogens is 3. The van der Waals surface area contributed by atoms with Crippen molar-refractivity contribution >= 4 is 11.9 Å². The first-order valence-electron chi connectivity index (χ1n) is 3.56. The maximum absolute atomic E-state index is 11.1. The Morgan fingerprint density at radius 3 is 2.92 bits per heavy atom. The van der Waals surface area contributed by atoms with Crippen molar-refractivity contribution in [2.45, 2.75) is 6.42 Å². The highest BCUT2D eigenvalue weighted by Gasteiger charge is 2.07. The van der Waals surface area contributed by atoms with Crippen LogP contribution in [-0.2, 0) is 4.79 Å². The molecule has 1 rings (SSSR count). The molecule has 0 saturated heterocycles. The number of carboxylic acids is 1. The van der Waals surface area contributed by atoms with Gasteiger partial charge in [-0.1, -0.05) is 0 Å². The van der Waals surface area contributed by atoms with E-state index in [0.717, 1.165) is 0 Å². The van der Waals surface area contributed by atoms with Crippen LogP contribution in [0.15, 0.2) is 6.20 Å². The van der Waals surface area contributed by atoms with Crippen molar-refractivity contribution in [2.24, 2.45) is 0 Å². The van der Waals surface area contributed by atoms with Crippen molar-refractivity contribution in [3.63, 3.8) is 0 Å². The Hall–Kier alpha value is -1.92. The van der Waals surface area contributed by atoms with E-state index in [9.17, 15) is 9.59 Å². The molecule has 0 bridgehead atoms. The zero-order chi connectivity index (χ0) is 9.68. The molecular weight excluding hydrogens is 176 g/mol. The lowest BCUT2D eigenvalue weighted by atomic mass is 10.4. The number of carboxylic acid groups (broad SMARTS) is 1. The van der Waals surface area contributed by atoms with E-state index in [2.05, 4.69) is 20.7 Å². The highest BCUT2D eigenvalue weighted by molar-refractivity contribution is 5.91. The zero-order valence-electron chi connectivity index (χ0n) is 6.65. The van der Waals surface area contributed by atoms with E-state index in [0.29, 0.717) is 0 Å². The van der Waals surface area contributed by atoms with E-state index >= 15 is 0 Å². The first kappa shape index (κ1) is 9.17. The van der Waals surface area contributed by atoms with E-state index in [1.807, 2.05) is 0 Å². The van der Waals surface area contributed by atoms with Gasteiger partial charge in [0.1, 0.15) is 0 Å². The van der Waals surface area contributed by atoms with Gasteiger partial charge in [-0.3, -0.25) is 9.59 Å². The molecule has 7 nitrogen and oxygen atoms in total. The maximum atomic E-state index is 11.1. The van der Waals surface area contributed by atoms with E-state index in [1.54, 1.807) is 0 Å². The molecular formula is C6H8N4O3. The smallest absolute Gasteiger partial charge is 0.305 e. The van der Waals surface area contributed by atoms with Crippen LogP contribution in [0.5, 0.6) is 0 Å². The SMILES string of the molecule is O=C(O)CCNC(=O)c1cn[nH]n1. The summed E-state index contributed by atoms with van der Waals surface area (Å²) < 4.78 is 0. The van der Waals surface area contributed by atoms with E-state index in [-0.39, 0.29) is 18.7 Å². The van der Waals surface area contributed by atoms with Crippen LogP contribution < -0.4 is 5.32 Å². The third kappa shape index (κ3) is 2.89. The minimum absolute atomic E-state index is 0.0844. The second-order valence-corrected chi connectivity index (χ2v) is 2.25. The lowest BCUT2D eigenvalue weighted by molar-refractivity contribution is -0.136. The molecule has 0 aromatic carbocycles. The van der Waals surface area contributed by atoms with Crippen molar-refractivity contribution in [1.82, 2.24) is 20.7 Å². The zero-order valence-corrected chi connectivity index (χ0v) is 6.65. The summed E-state index contributed by atoms with van der Waals surface area (Å²) >= 11 is 0. The van der Waals surface area contributed by atoms with Gasteiger partial charge in [0.15, 0.2) is 5.69 Å². The molecule has 0 aliphatic carbocycles. The van der Waals surface area contributed by atoms with Gasteiger partial charge >= 0.3 is 5.97 Å². The summed E-state index contributed by atoms with van der Waals surface area (Å²) in [6.07, 6.45) is 1.15. The number of rotatable bonds is 4. The van der Waals surface area contributed by atoms with Crippen molar-refractivity contribution in [2.75, 3.05) is 6.54 Å². The van der Waals surface area contributed by atoms with Gasteiger partial charge in [-0.15, -0.1) is 0 Å². The molecule has 13 heavy (non-hydrogen) atoms. The van der Waals surface area contributed by atoms with Gasteiger partial charge in [0.2, 0.25) is 0 Å². The molecule has 70 valence electrons. The Morgan fingerprint density at radius 1 is 1.62 bits per heavy atom. The van der Waals surface area contributed by atoms with Crippen LogP contribution in [-0.4, -0.2) is 38.9 Å². The predicted molar refractivity (Wildman–Crippen MR) is 41.0 cm³/mol. The molecule has 0 unspecified atom stereocenters. The fourth-order valence-electron chi connectivity index (χ4n) is 0.685. The second-order valence-electron chi connectivity index (χ2n) is 2.25. The highest BCUT2D eigenvalue weighted by atomic mass is 16.4. The standard InChI is InChI=1S/C6H8N4O3/c11-5(12)1-2-7-6(13)4-3-8-10-9-4/h3H,1-2H2,(H,7,13)(H,11,12)(H,8,9,10). The van der Waals surface area contributed by atoms with Crippen LogP contribution in [0.2, 0.25) is 0 Å². The van der Waals surface area contributed by atoms with Gasteiger partial charge in [0.05, 0.1) is 12.6 Å². The number of hydrogen-bond donors (Lipinski definition) is 3. The quantitative estimate of drug-likeness (QED) is 0.556. The molecule has 7 heteroatoms. The van der Waals surface area contributed by atoms with Crippen LogP contribution in [0.1, 0.15) is 16.9 Å². The number of amides is 1. The van der Waals surface area contributed by atoms with Crippen LogP contribution in [0, 0.1) is 0 Å². The Labute approximate surface area is 73.1 Å². The fourth-order valence-corrected chi connectivity index (χ4v) is 0.685. The Bertz CT molecular complexity index is 295. The average Bonchev–Trinajstić information content (AvgIpc) is 2.55. The maximum Gasteiger partial charge on any atom is 0.305 e. The lowest BCUT2D eigenvalue weighted by Crippen LogP contribution is -2.26. The van der Waals surface area contributed by atoms with Gasteiger partial charge in [0.25, 0.3) is 5.91 Å². The summed E-state index contributed by atoms with van der Waals surface area (Å²) in [6, 6.07) is 0. The molecule has 0 fully saturated rings. The van der Waals surface area contributed by atoms with E-state index < -0.39 is 11.9 Å². The van der Waals surface area contributed by atoms with Crippen LogP contribution in [0.3, 0.4) is 0 Å². The minimum Gasteiger partial charge on any atom is -0.481 e. The van der Waals surface area contributed by atoms with Gasteiger partial charge in [0, 0.05) is 6.54 Å². The Balaban J connectivity index is 2.31. The predicted octanol–water partition coefficient (Wildman–Crippen LogP) is -0.991.